The van der Waals surface area contributed by atoms with Crippen LogP contribution in [0.15, 0.2) is 6.20 Å². The summed E-state index contributed by atoms with van der Waals surface area (Å²) in [4.78, 5) is 7.93. The van der Waals surface area contributed by atoms with Crippen LogP contribution < -0.4 is 10.2 Å². The quantitative estimate of drug-likeness (QED) is 0.803. The summed E-state index contributed by atoms with van der Waals surface area (Å²) in [5.74, 6) is 0. The third-order valence-corrected chi connectivity index (χ3v) is 4.16. The first-order valence-corrected chi connectivity index (χ1v) is 7.26. The Balaban J connectivity index is 1.85. The molecule has 0 spiro atoms. The van der Waals surface area contributed by atoms with Crippen molar-refractivity contribution in [1.29, 1.82) is 0 Å². The van der Waals surface area contributed by atoms with Gasteiger partial charge in [-0.15, -0.1) is 11.3 Å². The zero-order valence-corrected chi connectivity index (χ0v) is 11.6. The van der Waals surface area contributed by atoms with Crippen LogP contribution in [0.5, 0.6) is 0 Å². The average Bonchev–Trinajstić information content (AvgIpc) is 2.90. The third-order valence-electron chi connectivity index (χ3n) is 3.10. The molecule has 2 rings (SSSR count). The Kier molecular flexibility index (Phi) is 5.37. The molecule has 0 aliphatic carbocycles. The van der Waals surface area contributed by atoms with Gasteiger partial charge in [-0.05, 0) is 6.42 Å². The summed E-state index contributed by atoms with van der Waals surface area (Å²) in [6.45, 7) is 6.46. The van der Waals surface area contributed by atoms with Crippen molar-refractivity contribution in [3.8, 4) is 0 Å². The van der Waals surface area contributed by atoms with Gasteiger partial charge in [0.25, 0.3) is 0 Å². The third kappa shape index (κ3) is 3.65. The molecular formula is C12H21N3O2S. The number of aliphatic hydroxyl groups excluding tert-OH is 1. The van der Waals surface area contributed by atoms with Crippen LogP contribution in [-0.2, 0) is 11.3 Å². The van der Waals surface area contributed by atoms with Gasteiger partial charge in [0.15, 0.2) is 5.13 Å². The van der Waals surface area contributed by atoms with E-state index in [0.717, 1.165) is 44.4 Å². The van der Waals surface area contributed by atoms with Gasteiger partial charge in [0, 0.05) is 36.8 Å². The number of hydrogen-bond acceptors (Lipinski definition) is 6. The van der Waals surface area contributed by atoms with E-state index in [-0.39, 0.29) is 12.6 Å². The molecule has 102 valence electrons. The Morgan fingerprint density at radius 3 is 3.00 bits per heavy atom. The summed E-state index contributed by atoms with van der Waals surface area (Å²) in [6, 6.07) is 0.180. The Labute approximate surface area is 112 Å². The molecule has 0 saturated carbocycles. The summed E-state index contributed by atoms with van der Waals surface area (Å²) in [5.41, 5.74) is 0. The topological polar surface area (TPSA) is 57.6 Å². The number of rotatable bonds is 6. The zero-order chi connectivity index (χ0) is 12.8. The fraction of sp³-hybridized carbons (Fsp3) is 0.750. The fourth-order valence-electron chi connectivity index (χ4n) is 1.86. The number of aliphatic hydroxyl groups is 1. The molecule has 0 radical (unpaired) electrons. The van der Waals surface area contributed by atoms with Crippen molar-refractivity contribution in [2.45, 2.75) is 25.9 Å². The summed E-state index contributed by atoms with van der Waals surface area (Å²) in [7, 11) is 0. The largest absolute Gasteiger partial charge is 0.395 e. The maximum atomic E-state index is 9.12. The van der Waals surface area contributed by atoms with Crippen LogP contribution in [0.1, 0.15) is 18.2 Å². The predicted octanol–water partition coefficient (Wildman–Crippen LogP) is 0.840. The standard InChI is InChI=1S/C12H21N3O2S/c1-2-10(9-16)13-7-11-8-14-12(18-11)15-3-5-17-6-4-15/h8,10,13,16H,2-7,9H2,1H3/t10-/m0/s1. The molecule has 0 bridgehead atoms. The minimum absolute atomic E-state index is 0.180. The number of nitrogens with zero attached hydrogens (tertiary/aromatic N) is 2. The number of hydrogen-bond donors (Lipinski definition) is 2. The van der Waals surface area contributed by atoms with Gasteiger partial charge in [0.05, 0.1) is 19.8 Å². The van der Waals surface area contributed by atoms with Crippen molar-refractivity contribution in [3.05, 3.63) is 11.1 Å². The van der Waals surface area contributed by atoms with Gasteiger partial charge in [-0.2, -0.15) is 0 Å². The van der Waals surface area contributed by atoms with Crippen LogP contribution in [-0.4, -0.2) is 49.0 Å². The summed E-state index contributed by atoms with van der Waals surface area (Å²) in [5, 5.41) is 13.5. The van der Waals surface area contributed by atoms with Gasteiger partial charge in [-0.1, -0.05) is 6.92 Å². The van der Waals surface area contributed by atoms with Crippen LogP contribution in [0.2, 0.25) is 0 Å². The molecule has 1 atom stereocenters. The van der Waals surface area contributed by atoms with Crippen LogP contribution in [0.25, 0.3) is 0 Å². The molecule has 1 fully saturated rings. The highest BCUT2D eigenvalue weighted by molar-refractivity contribution is 7.15. The lowest BCUT2D eigenvalue weighted by Crippen LogP contribution is -2.36. The number of ether oxygens (including phenoxy) is 1. The van der Waals surface area contributed by atoms with E-state index in [1.54, 1.807) is 11.3 Å². The van der Waals surface area contributed by atoms with Gasteiger partial charge in [0.1, 0.15) is 0 Å². The van der Waals surface area contributed by atoms with E-state index in [0.29, 0.717) is 0 Å². The lowest BCUT2D eigenvalue weighted by molar-refractivity contribution is 0.122. The molecule has 18 heavy (non-hydrogen) atoms. The van der Waals surface area contributed by atoms with Crippen LogP contribution >= 0.6 is 11.3 Å². The Morgan fingerprint density at radius 1 is 1.56 bits per heavy atom. The van der Waals surface area contributed by atoms with Gasteiger partial charge in [-0.3, -0.25) is 0 Å². The second-order valence-electron chi connectivity index (χ2n) is 4.38. The zero-order valence-electron chi connectivity index (χ0n) is 10.8. The number of morpholine rings is 1. The highest BCUT2D eigenvalue weighted by atomic mass is 32.1. The average molecular weight is 271 g/mol. The number of nitrogens with one attached hydrogen (secondary N) is 1. The maximum absolute atomic E-state index is 9.12. The summed E-state index contributed by atoms with van der Waals surface area (Å²) < 4.78 is 5.33. The molecule has 2 heterocycles. The first kappa shape index (κ1) is 13.7. The van der Waals surface area contributed by atoms with Crippen molar-refractivity contribution in [2.75, 3.05) is 37.8 Å². The predicted molar refractivity (Wildman–Crippen MR) is 73.2 cm³/mol. The fourth-order valence-corrected chi connectivity index (χ4v) is 2.78. The van der Waals surface area contributed by atoms with Crippen molar-refractivity contribution >= 4 is 16.5 Å². The smallest absolute Gasteiger partial charge is 0.185 e. The van der Waals surface area contributed by atoms with Crippen molar-refractivity contribution in [1.82, 2.24) is 10.3 Å². The number of aromatic nitrogens is 1. The minimum Gasteiger partial charge on any atom is -0.395 e. The van der Waals surface area contributed by atoms with E-state index in [1.807, 2.05) is 6.20 Å². The molecule has 1 aromatic rings. The van der Waals surface area contributed by atoms with E-state index in [1.165, 1.54) is 4.88 Å². The molecule has 0 amide bonds. The molecule has 1 aliphatic rings. The maximum Gasteiger partial charge on any atom is 0.185 e. The lowest BCUT2D eigenvalue weighted by atomic mass is 10.2. The highest BCUT2D eigenvalue weighted by Crippen LogP contribution is 2.23. The second kappa shape index (κ2) is 7.04. The van der Waals surface area contributed by atoms with Gasteiger partial charge in [-0.25, -0.2) is 4.98 Å². The van der Waals surface area contributed by atoms with Crippen LogP contribution in [0.3, 0.4) is 0 Å². The molecule has 0 aromatic carbocycles. The lowest BCUT2D eigenvalue weighted by Gasteiger charge is -2.26. The number of anilines is 1. The first-order valence-electron chi connectivity index (χ1n) is 6.45. The van der Waals surface area contributed by atoms with E-state index in [4.69, 9.17) is 9.84 Å². The van der Waals surface area contributed by atoms with Gasteiger partial charge in [0.2, 0.25) is 0 Å². The Morgan fingerprint density at radius 2 is 2.33 bits per heavy atom. The van der Waals surface area contributed by atoms with Gasteiger partial charge >= 0.3 is 0 Å². The Hall–Kier alpha value is -0.690. The van der Waals surface area contributed by atoms with E-state index in [2.05, 4.69) is 22.1 Å². The molecule has 6 heteroatoms. The SMILES string of the molecule is CC[C@@H](CO)NCc1cnc(N2CCOCC2)s1. The van der Waals surface area contributed by atoms with Gasteiger partial charge < -0.3 is 20.1 Å². The van der Waals surface area contributed by atoms with E-state index in [9.17, 15) is 0 Å². The highest BCUT2D eigenvalue weighted by Gasteiger charge is 2.14. The monoisotopic (exact) mass is 271 g/mol. The number of thiazole rings is 1. The molecule has 0 unspecified atom stereocenters. The first-order chi connectivity index (χ1) is 8.83. The van der Waals surface area contributed by atoms with E-state index < -0.39 is 0 Å². The molecule has 1 saturated heterocycles. The molecular weight excluding hydrogens is 250 g/mol. The van der Waals surface area contributed by atoms with Crippen molar-refractivity contribution in [3.63, 3.8) is 0 Å². The molecule has 1 aliphatic heterocycles. The molecule has 5 nitrogen and oxygen atoms in total. The van der Waals surface area contributed by atoms with Crippen molar-refractivity contribution in [2.24, 2.45) is 0 Å². The molecule has 2 N–H and O–H groups in total. The summed E-state index contributed by atoms with van der Waals surface area (Å²) >= 11 is 1.72. The van der Waals surface area contributed by atoms with Crippen LogP contribution in [0, 0.1) is 0 Å². The Bertz CT molecular complexity index is 349. The van der Waals surface area contributed by atoms with Crippen LogP contribution in [0.4, 0.5) is 5.13 Å². The summed E-state index contributed by atoms with van der Waals surface area (Å²) in [6.07, 6.45) is 2.86. The van der Waals surface area contributed by atoms with E-state index >= 15 is 0 Å². The second-order valence-corrected chi connectivity index (χ2v) is 5.47. The normalized spacial score (nSPS) is 18.0. The molecule has 1 aromatic heterocycles. The van der Waals surface area contributed by atoms with Crippen molar-refractivity contribution < 1.29 is 9.84 Å². The minimum atomic E-state index is 0.180.